The van der Waals surface area contributed by atoms with Crippen LogP contribution in [0.15, 0.2) is 29.1 Å². The fourth-order valence-corrected chi connectivity index (χ4v) is 4.35. The Morgan fingerprint density at radius 2 is 1.77 bits per heavy atom. The number of rotatable bonds is 2. The fourth-order valence-electron chi connectivity index (χ4n) is 4.35. The lowest BCUT2D eigenvalue weighted by Crippen LogP contribution is -2.37. The topological polar surface area (TPSA) is 64.7 Å². The number of ether oxygens (including phenoxy) is 1. The Labute approximate surface area is 151 Å². The smallest absolute Gasteiger partial charge is 0.263 e. The van der Waals surface area contributed by atoms with Crippen LogP contribution in [0.5, 0.6) is 0 Å². The van der Waals surface area contributed by atoms with Crippen molar-refractivity contribution in [1.29, 1.82) is 0 Å². The van der Waals surface area contributed by atoms with Crippen molar-refractivity contribution in [3.05, 3.63) is 34.6 Å². The molecule has 0 spiro atoms. The normalized spacial score (nSPS) is 19.5. The van der Waals surface area contributed by atoms with E-state index in [9.17, 15) is 4.79 Å². The summed E-state index contributed by atoms with van der Waals surface area (Å²) in [5.41, 5.74) is 0.937. The molecule has 5 rings (SSSR count). The van der Waals surface area contributed by atoms with Crippen LogP contribution in [0, 0.1) is 0 Å². The number of nitrogens with zero attached hydrogens (tertiary/aromatic N) is 5. The number of para-hydroxylation sites is 1. The molecular formula is C19H23N5O2. The Morgan fingerprint density at radius 1 is 1.00 bits per heavy atom. The summed E-state index contributed by atoms with van der Waals surface area (Å²) in [7, 11) is 0. The summed E-state index contributed by atoms with van der Waals surface area (Å²) in [6.07, 6.45) is 5.66. The van der Waals surface area contributed by atoms with E-state index in [1.165, 1.54) is 19.3 Å². The molecule has 26 heavy (non-hydrogen) atoms. The van der Waals surface area contributed by atoms with Gasteiger partial charge in [-0.2, -0.15) is 0 Å². The molecule has 136 valence electrons. The van der Waals surface area contributed by atoms with E-state index in [0.29, 0.717) is 19.0 Å². The molecule has 1 aliphatic heterocycles. The van der Waals surface area contributed by atoms with E-state index < -0.39 is 0 Å². The van der Waals surface area contributed by atoms with E-state index in [2.05, 4.69) is 19.5 Å². The third-order valence-corrected chi connectivity index (χ3v) is 5.67. The van der Waals surface area contributed by atoms with E-state index >= 15 is 0 Å². The summed E-state index contributed by atoms with van der Waals surface area (Å²) in [5, 5.41) is 9.70. The highest BCUT2D eigenvalue weighted by atomic mass is 16.5. The first-order valence-electron chi connectivity index (χ1n) is 9.55. The van der Waals surface area contributed by atoms with E-state index in [0.717, 1.165) is 42.8 Å². The Hall–Kier alpha value is -2.41. The first kappa shape index (κ1) is 15.8. The van der Waals surface area contributed by atoms with E-state index in [-0.39, 0.29) is 11.6 Å². The van der Waals surface area contributed by atoms with Gasteiger partial charge in [0.25, 0.3) is 5.56 Å². The number of benzene rings is 1. The number of fused-ring (bicyclic) bond motifs is 3. The highest BCUT2D eigenvalue weighted by Crippen LogP contribution is 2.30. The Bertz CT molecular complexity index is 996. The van der Waals surface area contributed by atoms with Crippen LogP contribution in [-0.2, 0) is 4.74 Å². The third kappa shape index (κ3) is 2.41. The van der Waals surface area contributed by atoms with Crippen LogP contribution in [0.25, 0.3) is 16.7 Å². The Kier molecular flexibility index (Phi) is 3.89. The van der Waals surface area contributed by atoms with Crippen LogP contribution in [0.4, 0.5) is 5.95 Å². The van der Waals surface area contributed by atoms with Gasteiger partial charge in [-0.25, -0.2) is 4.40 Å². The summed E-state index contributed by atoms with van der Waals surface area (Å²) < 4.78 is 9.45. The van der Waals surface area contributed by atoms with E-state index in [4.69, 9.17) is 4.74 Å². The standard InChI is InChI=1S/C19H23N5O2/c25-17-15-8-4-5-9-16(15)24-18(22-10-12-26-13-11-22)20-21-19(24)23(17)14-6-2-1-3-7-14/h4-5,8-9,14H,1-3,6-7,10-13H2. The molecule has 2 fully saturated rings. The molecule has 0 unspecified atom stereocenters. The van der Waals surface area contributed by atoms with Crippen molar-refractivity contribution in [2.45, 2.75) is 38.1 Å². The van der Waals surface area contributed by atoms with Gasteiger partial charge in [0, 0.05) is 19.1 Å². The molecule has 2 aliphatic rings. The minimum atomic E-state index is 0.0564. The number of hydrogen-bond donors (Lipinski definition) is 0. The predicted octanol–water partition coefficient (Wildman–Crippen LogP) is 2.39. The fraction of sp³-hybridized carbons (Fsp3) is 0.526. The van der Waals surface area contributed by atoms with Crippen molar-refractivity contribution in [3.8, 4) is 0 Å². The van der Waals surface area contributed by atoms with Crippen molar-refractivity contribution in [3.63, 3.8) is 0 Å². The van der Waals surface area contributed by atoms with Crippen molar-refractivity contribution in [2.75, 3.05) is 31.2 Å². The number of anilines is 1. The second-order valence-corrected chi connectivity index (χ2v) is 7.22. The minimum Gasteiger partial charge on any atom is -0.378 e. The zero-order valence-electron chi connectivity index (χ0n) is 14.8. The van der Waals surface area contributed by atoms with Crippen molar-refractivity contribution >= 4 is 22.6 Å². The zero-order chi connectivity index (χ0) is 17.5. The first-order valence-corrected chi connectivity index (χ1v) is 9.55. The van der Waals surface area contributed by atoms with Gasteiger partial charge < -0.3 is 9.64 Å². The van der Waals surface area contributed by atoms with Crippen molar-refractivity contribution < 1.29 is 4.74 Å². The summed E-state index contributed by atoms with van der Waals surface area (Å²) in [6.45, 7) is 2.96. The predicted molar refractivity (Wildman–Crippen MR) is 99.9 cm³/mol. The molecule has 0 atom stereocenters. The van der Waals surface area contributed by atoms with Gasteiger partial charge in [-0.3, -0.25) is 9.36 Å². The summed E-state index contributed by atoms with van der Waals surface area (Å²) in [5.74, 6) is 1.48. The molecule has 7 nitrogen and oxygen atoms in total. The maximum absolute atomic E-state index is 13.3. The monoisotopic (exact) mass is 353 g/mol. The maximum atomic E-state index is 13.3. The average molecular weight is 353 g/mol. The molecule has 1 saturated carbocycles. The first-order chi connectivity index (χ1) is 12.8. The van der Waals surface area contributed by atoms with Gasteiger partial charge in [0.1, 0.15) is 0 Å². The second-order valence-electron chi connectivity index (χ2n) is 7.22. The summed E-state index contributed by atoms with van der Waals surface area (Å²) in [4.78, 5) is 15.5. The summed E-state index contributed by atoms with van der Waals surface area (Å²) in [6, 6.07) is 8.02. The van der Waals surface area contributed by atoms with Gasteiger partial charge >= 0.3 is 0 Å². The Morgan fingerprint density at radius 3 is 2.58 bits per heavy atom. The lowest BCUT2D eigenvalue weighted by molar-refractivity contribution is 0.122. The molecule has 1 aromatic carbocycles. The number of hydrogen-bond acceptors (Lipinski definition) is 5. The highest BCUT2D eigenvalue weighted by molar-refractivity contribution is 5.81. The lowest BCUT2D eigenvalue weighted by atomic mass is 9.95. The molecule has 0 amide bonds. The van der Waals surface area contributed by atoms with Gasteiger partial charge in [-0.1, -0.05) is 31.4 Å². The molecule has 3 aromatic rings. The SMILES string of the molecule is O=c1c2ccccc2n2c(N3CCOCC3)nnc2n1C1CCCCC1. The Balaban J connectivity index is 1.79. The van der Waals surface area contributed by atoms with E-state index in [1.807, 2.05) is 28.8 Å². The zero-order valence-corrected chi connectivity index (χ0v) is 14.8. The van der Waals surface area contributed by atoms with Crippen LogP contribution in [0.3, 0.4) is 0 Å². The minimum absolute atomic E-state index is 0.0564. The lowest BCUT2D eigenvalue weighted by Gasteiger charge is -2.28. The second kappa shape index (κ2) is 6.39. The van der Waals surface area contributed by atoms with Crippen molar-refractivity contribution in [1.82, 2.24) is 19.2 Å². The largest absolute Gasteiger partial charge is 0.378 e. The molecule has 1 aliphatic carbocycles. The molecule has 3 heterocycles. The van der Waals surface area contributed by atoms with Crippen LogP contribution in [0.1, 0.15) is 38.1 Å². The highest BCUT2D eigenvalue weighted by Gasteiger charge is 2.25. The summed E-state index contributed by atoms with van der Waals surface area (Å²) >= 11 is 0. The molecule has 0 radical (unpaired) electrons. The van der Waals surface area contributed by atoms with Gasteiger partial charge in [-0.05, 0) is 25.0 Å². The van der Waals surface area contributed by atoms with Crippen LogP contribution in [-0.4, -0.2) is 45.5 Å². The molecule has 1 saturated heterocycles. The number of morpholine rings is 1. The average Bonchev–Trinajstić information content (AvgIpc) is 3.15. The molecular weight excluding hydrogens is 330 g/mol. The van der Waals surface area contributed by atoms with Gasteiger partial charge in [-0.15, -0.1) is 10.2 Å². The van der Waals surface area contributed by atoms with E-state index in [1.54, 1.807) is 0 Å². The molecule has 0 N–H and O–H groups in total. The third-order valence-electron chi connectivity index (χ3n) is 5.67. The molecule has 0 bridgehead atoms. The molecule has 7 heteroatoms. The van der Waals surface area contributed by atoms with Gasteiger partial charge in [0.15, 0.2) is 0 Å². The molecule has 2 aromatic heterocycles. The van der Waals surface area contributed by atoms with Gasteiger partial charge in [0.2, 0.25) is 11.7 Å². The van der Waals surface area contributed by atoms with Crippen molar-refractivity contribution in [2.24, 2.45) is 0 Å². The quantitative estimate of drug-likeness (QED) is 0.708. The van der Waals surface area contributed by atoms with Crippen LogP contribution >= 0.6 is 0 Å². The number of aromatic nitrogens is 4. The van der Waals surface area contributed by atoms with Crippen LogP contribution < -0.4 is 10.5 Å². The van der Waals surface area contributed by atoms with Gasteiger partial charge in [0.05, 0.1) is 24.1 Å². The van der Waals surface area contributed by atoms with Crippen LogP contribution in [0.2, 0.25) is 0 Å². The maximum Gasteiger partial charge on any atom is 0.263 e.